The predicted octanol–water partition coefficient (Wildman–Crippen LogP) is 2.48. The number of sulfonamides is 1. The van der Waals surface area contributed by atoms with E-state index in [9.17, 15) is 12.8 Å². The molecule has 1 aromatic carbocycles. The first-order valence-electron chi connectivity index (χ1n) is 10.1. The normalized spacial score (nSPS) is 15.4. The van der Waals surface area contributed by atoms with E-state index in [0.29, 0.717) is 11.7 Å². The Kier molecular flexibility index (Phi) is 7.22. The highest BCUT2D eigenvalue weighted by molar-refractivity contribution is 7.89. The Morgan fingerprint density at radius 1 is 1.23 bits per heavy atom. The molecule has 1 fully saturated rings. The summed E-state index contributed by atoms with van der Waals surface area (Å²) in [5.74, 6) is 1.11. The zero-order valence-electron chi connectivity index (χ0n) is 17.5. The van der Waals surface area contributed by atoms with Crippen molar-refractivity contribution in [2.75, 3.05) is 36.9 Å². The first-order chi connectivity index (χ1) is 14.2. The van der Waals surface area contributed by atoms with E-state index in [-0.39, 0.29) is 16.6 Å². The van der Waals surface area contributed by atoms with Crippen molar-refractivity contribution in [1.29, 1.82) is 0 Å². The molecule has 1 saturated heterocycles. The molecule has 1 aliphatic rings. The molecule has 0 spiro atoms. The molecule has 30 heavy (non-hydrogen) atoms. The lowest BCUT2D eigenvalue weighted by Gasteiger charge is -2.28. The van der Waals surface area contributed by atoms with Crippen molar-refractivity contribution < 1.29 is 12.8 Å². The molecule has 1 aliphatic heterocycles. The summed E-state index contributed by atoms with van der Waals surface area (Å²) in [6.07, 6.45) is 3.69. The fourth-order valence-corrected chi connectivity index (χ4v) is 4.71. The Labute approximate surface area is 177 Å². The molecule has 164 valence electrons. The van der Waals surface area contributed by atoms with Gasteiger partial charge in [-0.15, -0.1) is 0 Å². The van der Waals surface area contributed by atoms with Crippen molar-refractivity contribution in [3.63, 3.8) is 0 Å². The Morgan fingerprint density at radius 3 is 2.63 bits per heavy atom. The van der Waals surface area contributed by atoms with E-state index in [1.807, 2.05) is 7.05 Å². The number of nitrogens with one attached hydrogen (secondary N) is 3. The summed E-state index contributed by atoms with van der Waals surface area (Å²) in [6, 6.07) is 5.23. The molecule has 0 atom stereocenters. The van der Waals surface area contributed by atoms with E-state index >= 15 is 0 Å². The Balaban J connectivity index is 1.71. The van der Waals surface area contributed by atoms with E-state index in [1.54, 1.807) is 19.9 Å². The predicted molar refractivity (Wildman–Crippen MR) is 116 cm³/mol. The van der Waals surface area contributed by atoms with Gasteiger partial charge in [0.05, 0.1) is 10.6 Å². The molecule has 0 radical (unpaired) electrons. The van der Waals surface area contributed by atoms with Crippen LogP contribution in [0.4, 0.5) is 21.7 Å². The van der Waals surface area contributed by atoms with Crippen molar-refractivity contribution in [3.05, 3.63) is 36.4 Å². The molecule has 8 nitrogen and oxygen atoms in total. The number of benzene rings is 1. The first-order valence-corrected chi connectivity index (χ1v) is 11.6. The molecule has 1 aromatic heterocycles. The Bertz CT molecular complexity index is 964. The number of aromatic nitrogens is 2. The maximum absolute atomic E-state index is 14.6. The lowest BCUT2D eigenvalue weighted by molar-refractivity contribution is 0.377. The van der Waals surface area contributed by atoms with Crippen LogP contribution in [-0.4, -0.2) is 51.1 Å². The molecule has 0 unspecified atom stereocenters. The number of piperidine rings is 1. The number of rotatable bonds is 8. The van der Waals surface area contributed by atoms with Gasteiger partial charge in [0, 0.05) is 25.7 Å². The van der Waals surface area contributed by atoms with Crippen LogP contribution < -0.4 is 20.3 Å². The summed E-state index contributed by atoms with van der Waals surface area (Å²) in [5, 5.41) is 6.27. The SMILES string of the molecule is CC(C)NS(=O)(=O)c1ccc(Nc2cc(N(C)CC3CCNCC3)ncn2)c(F)c1. The van der Waals surface area contributed by atoms with Crippen molar-refractivity contribution in [2.24, 2.45) is 5.92 Å². The fraction of sp³-hybridized carbons (Fsp3) is 0.500. The standard InChI is InChI=1S/C20H29FN6O2S/c1-14(2)26-30(28,29)16-4-5-18(17(21)10-16)25-19-11-20(24-13-23-19)27(3)12-15-6-8-22-9-7-15/h4-5,10-11,13-15,22,26H,6-9,12H2,1-3H3,(H,23,24,25). The minimum Gasteiger partial charge on any atom is -0.359 e. The second-order valence-electron chi connectivity index (χ2n) is 7.88. The number of halogens is 1. The summed E-state index contributed by atoms with van der Waals surface area (Å²) in [5.41, 5.74) is 0.143. The molecule has 3 rings (SSSR count). The maximum atomic E-state index is 14.6. The van der Waals surface area contributed by atoms with Crippen molar-refractivity contribution >= 4 is 27.3 Å². The van der Waals surface area contributed by atoms with Crippen LogP contribution in [0.5, 0.6) is 0 Å². The van der Waals surface area contributed by atoms with Crippen LogP contribution >= 0.6 is 0 Å². The minimum atomic E-state index is -3.76. The Hall–Kier alpha value is -2.30. The van der Waals surface area contributed by atoms with Gasteiger partial charge in [-0.2, -0.15) is 0 Å². The van der Waals surface area contributed by atoms with Crippen LogP contribution in [0.3, 0.4) is 0 Å². The molecule has 2 aromatic rings. The van der Waals surface area contributed by atoms with Gasteiger partial charge in [0.15, 0.2) is 0 Å². The molecular formula is C20H29FN6O2S. The van der Waals surface area contributed by atoms with Gasteiger partial charge in [0.2, 0.25) is 10.0 Å². The third-order valence-electron chi connectivity index (χ3n) is 4.94. The topological polar surface area (TPSA) is 99.2 Å². The first kappa shape index (κ1) is 22.4. The number of hydrogen-bond donors (Lipinski definition) is 3. The van der Waals surface area contributed by atoms with E-state index in [1.165, 1.54) is 18.5 Å². The van der Waals surface area contributed by atoms with Crippen LogP contribution in [0.15, 0.2) is 35.5 Å². The summed E-state index contributed by atoms with van der Waals surface area (Å²) in [7, 11) is -1.78. The maximum Gasteiger partial charge on any atom is 0.240 e. The fourth-order valence-electron chi connectivity index (χ4n) is 3.45. The van der Waals surface area contributed by atoms with Crippen LogP contribution in [-0.2, 0) is 10.0 Å². The average molecular weight is 437 g/mol. The van der Waals surface area contributed by atoms with Gasteiger partial charge < -0.3 is 15.5 Å². The largest absolute Gasteiger partial charge is 0.359 e. The molecule has 2 heterocycles. The van der Waals surface area contributed by atoms with Crippen LogP contribution in [0.2, 0.25) is 0 Å². The lowest BCUT2D eigenvalue weighted by Crippen LogP contribution is -2.34. The third kappa shape index (κ3) is 5.87. The van der Waals surface area contributed by atoms with Crippen molar-refractivity contribution in [1.82, 2.24) is 20.0 Å². The Morgan fingerprint density at radius 2 is 1.97 bits per heavy atom. The number of nitrogens with zero attached hydrogens (tertiary/aromatic N) is 3. The summed E-state index contributed by atoms with van der Waals surface area (Å²) in [6.45, 7) is 6.37. The van der Waals surface area contributed by atoms with Crippen LogP contribution in [0.25, 0.3) is 0 Å². The average Bonchev–Trinajstić information content (AvgIpc) is 2.69. The molecule has 0 aliphatic carbocycles. The third-order valence-corrected chi connectivity index (χ3v) is 6.60. The van der Waals surface area contributed by atoms with Gasteiger partial charge in [0.1, 0.15) is 23.8 Å². The van der Waals surface area contributed by atoms with Gasteiger partial charge in [-0.3, -0.25) is 0 Å². The molecule has 10 heteroatoms. The van der Waals surface area contributed by atoms with Gasteiger partial charge in [-0.05, 0) is 63.9 Å². The van der Waals surface area contributed by atoms with Gasteiger partial charge >= 0.3 is 0 Å². The van der Waals surface area contributed by atoms with Gasteiger partial charge in [-0.1, -0.05) is 0 Å². The molecule has 3 N–H and O–H groups in total. The summed E-state index contributed by atoms with van der Waals surface area (Å²) in [4.78, 5) is 10.4. The second-order valence-corrected chi connectivity index (χ2v) is 9.59. The summed E-state index contributed by atoms with van der Waals surface area (Å²) < 4.78 is 41.4. The number of hydrogen-bond acceptors (Lipinski definition) is 7. The van der Waals surface area contributed by atoms with Crippen molar-refractivity contribution in [3.8, 4) is 0 Å². The van der Waals surface area contributed by atoms with Crippen molar-refractivity contribution in [2.45, 2.75) is 37.6 Å². The van der Waals surface area contributed by atoms with Gasteiger partial charge in [-0.25, -0.2) is 27.5 Å². The zero-order valence-corrected chi connectivity index (χ0v) is 18.3. The molecular weight excluding hydrogens is 407 g/mol. The van der Waals surface area contributed by atoms with Gasteiger partial charge in [0.25, 0.3) is 0 Å². The highest BCUT2D eigenvalue weighted by Gasteiger charge is 2.18. The molecule has 0 bridgehead atoms. The molecule has 0 saturated carbocycles. The van der Waals surface area contributed by atoms with E-state index in [2.05, 4.69) is 30.2 Å². The van der Waals surface area contributed by atoms with Crippen LogP contribution in [0.1, 0.15) is 26.7 Å². The van der Waals surface area contributed by atoms with E-state index < -0.39 is 15.8 Å². The smallest absolute Gasteiger partial charge is 0.240 e. The number of anilines is 3. The monoisotopic (exact) mass is 436 g/mol. The minimum absolute atomic E-state index is 0.121. The quantitative estimate of drug-likeness (QED) is 0.585. The highest BCUT2D eigenvalue weighted by atomic mass is 32.2. The van der Waals surface area contributed by atoms with E-state index in [4.69, 9.17) is 0 Å². The second kappa shape index (κ2) is 9.67. The molecule has 0 amide bonds. The van der Waals surface area contributed by atoms with E-state index in [0.717, 1.165) is 44.4 Å². The zero-order chi connectivity index (χ0) is 21.7. The highest BCUT2D eigenvalue weighted by Crippen LogP contribution is 2.24. The lowest BCUT2D eigenvalue weighted by atomic mass is 9.98. The van der Waals surface area contributed by atoms with Crippen LogP contribution in [0, 0.1) is 11.7 Å². The summed E-state index contributed by atoms with van der Waals surface area (Å²) >= 11 is 0.